The highest BCUT2D eigenvalue weighted by Gasteiger charge is 2.39. The van der Waals surface area contributed by atoms with Crippen LogP contribution in [0.25, 0.3) is 0 Å². The third kappa shape index (κ3) is 4.56. The maximum absolute atomic E-state index is 13.1. The van der Waals surface area contributed by atoms with Crippen molar-refractivity contribution in [2.24, 2.45) is 11.8 Å². The van der Waals surface area contributed by atoms with E-state index in [4.69, 9.17) is 0 Å². The average Bonchev–Trinajstić information content (AvgIpc) is 3.16. The van der Waals surface area contributed by atoms with Gasteiger partial charge in [0, 0.05) is 41.9 Å². The molecule has 7 heteroatoms. The predicted molar refractivity (Wildman–Crippen MR) is 119 cm³/mol. The minimum Gasteiger partial charge on any atom is -0.342 e. The van der Waals surface area contributed by atoms with Crippen molar-refractivity contribution in [3.8, 4) is 0 Å². The summed E-state index contributed by atoms with van der Waals surface area (Å²) in [6, 6.07) is 16.9. The molecule has 0 spiro atoms. The van der Waals surface area contributed by atoms with Gasteiger partial charge in [0.25, 0.3) is 0 Å². The number of hydrogen-bond acceptors (Lipinski definition) is 3. The zero-order valence-corrected chi connectivity index (χ0v) is 18.2. The number of nitrogens with one attached hydrogen (secondary N) is 1. The van der Waals surface area contributed by atoms with E-state index in [1.807, 2.05) is 54.6 Å². The lowest BCUT2D eigenvalue weighted by Crippen LogP contribution is -2.46. The number of anilines is 2. The first-order valence-electron chi connectivity index (χ1n) is 10.2. The molecule has 30 heavy (non-hydrogen) atoms. The molecule has 2 aliphatic rings. The first-order valence-corrected chi connectivity index (χ1v) is 11.0. The topological polar surface area (TPSA) is 69.7 Å². The van der Waals surface area contributed by atoms with Crippen LogP contribution < -0.4 is 10.2 Å². The van der Waals surface area contributed by atoms with Gasteiger partial charge >= 0.3 is 0 Å². The number of piperidine rings is 1. The third-order valence-electron chi connectivity index (χ3n) is 5.76. The largest absolute Gasteiger partial charge is 0.342 e. The summed E-state index contributed by atoms with van der Waals surface area (Å²) in [4.78, 5) is 41.7. The van der Waals surface area contributed by atoms with Gasteiger partial charge in [-0.15, -0.1) is 0 Å². The molecule has 0 aliphatic carbocycles. The molecule has 2 aliphatic heterocycles. The molecule has 0 aromatic heterocycles. The number of amides is 3. The summed E-state index contributed by atoms with van der Waals surface area (Å²) in [6.07, 6.45) is 1.76. The lowest BCUT2D eigenvalue weighted by molar-refractivity contribution is -0.138. The van der Waals surface area contributed by atoms with Gasteiger partial charge in [-0.3, -0.25) is 14.4 Å². The van der Waals surface area contributed by atoms with Gasteiger partial charge in [0.2, 0.25) is 17.7 Å². The number of likely N-dealkylation sites (tertiary alicyclic amines) is 1. The molecular weight excluding hydrogens is 446 g/mol. The first kappa shape index (κ1) is 20.6. The number of hydrogen-bond donors (Lipinski definition) is 1. The van der Waals surface area contributed by atoms with Gasteiger partial charge in [-0.25, -0.2) is 0 Å². The molecule has 3 amide bonds. The quantitative estimate of drug-likeness (QED) is 0.742. The van der Waals surface area contributed by atoms with E-state index in [1.165, 1.54) is 0 Å². The van der Waals surface area contributed by atoms with Gasteiger partial charge in [-0.05, 0) is 49.2 Å². The fourth-order valence-corrected chi connectivity index (χ4v) is 4.42. The molecule has 2 heterocycles. The summed E-state index contributed by atoms with van der Waals surface area (Å²) in [6.45, 7) is 1.42. The van der Waals surface area contributed by atoms with Crippen molar-refractivity contribution < 1.29 is 14.4 Å². The van der Waals surface area contributed by atoms with Crippen LogP contribution in [0.3, 0.4) is 0 Å². The monoisotopic (exact) mass is 469 g/mol. The minimum atomic E-state index is -0.364. The van der Waals surface area contributed by atoms with Crippen LogP contribution in [-0.2, 0) is 14.4 Å². The molecule has 1 N–H and O–H groups in total. The van der Waals surface area contributed by atoms with Crippen LogP contribution >= 0.6 is 15.9 Å². The van der Waals surface area contributed by atoms with Gasteiger partial charge in [0.15, 0.2) is 0 Å². The van der Waals surface area contributed by atoms with E-state index < -0.39 is 0 Å². The Bertz CT molecular complexity index is 932. The third-order valence-corrected chi connectivity index (χ3v) is 6.29. The highest BCUT2D eigenvalue weighted by Crippen LogP contribution is 2.29. The number of rotatable bonds is 4. The van der Waals surface area contributed by atoms with Crippen molar-refractivity contribution in [3.63, 3.8) is 0 Å². The van der Waals surface area contributed by atoms with E-state index in [2.05, 4.69) is 21.2 Å². The van der Waals surface area contributed by atoms with Gasteiger partial charge < -0.3 is 15.1 Å². The van der Waals surface area contributed by atoms with E-state index in [-0.39, 0.29) is 36.0 Å². The van der Waals surface area contributed by atoms with Crippen LogP contribution in [0.15, 0.2) is 59.1 Å². The maximum Gasteiger partial charge on any atom is 0.229 e. The number of para-hydroxylation sites is 1. The lowest BCUT2D eigenvalue weighted by Gasteiger charge is -2.33. The molecule has 0 bridgehead atoms. The Balaban J connectivity index is 1.38. The predicted octanol–water partition coefficient (Wildman–Crippen LogP) is 3.68. The molecular formula is C23H24BrN3O3. The average molecular weight is 470 g/mol. The van der Waals surface area contributed by atoms with Gasteiger partial charge in [-0.1, -0.05) is 34.1 Å². The number of nitrogens with zero attached hydrogens (tertiary/aromatic N) is 2. The van der Waals surface area contributed by atoms with Crippen molar-refractivity contribution in [2.45, 2.75) is 19.3 Å². The Morgan fingerprint density at radius 3 is 2.43 bits per heavy atom. The number of carbonyl (C=O) groups excluding carboxylic acids is 3. The summed E-state index contributed by atoms with van der Waals surface area (Å²) in [7, 11) is 0. The zero-order valence-electron chi connectivity index (χ0n) is 16.6. The Hall–Kier alpha value is -2.67. The lowest BCUT2D eigenvalue weighted by atomic mass is 9.95. The Labute approximate surface area is 184 Å². The summed E-state index contributed by atoms with van der Waals surface area (Å²) in [5.74, 6) is -0.719. The summed E-state index contributed by atoms with van der Waals surface area (Å²) >= 11 is 3.40. The molecule has 2 aromatic rings. The van der Waals surface area contributed by atoms with Crippen molar-refractivity contribution >= 4 is 45.0 Å². The van der Waals surface area contributed by atoms with Crippen LogP contribution in [-0.4, -0.2) is 42.3 Å². The van der Waals surface area contributed by atoms with E-state index in [0.717, 1.165) is 28.7 Å². The fraction of sp³-hybridized carbons (Fsp3) is 0.348. The molecule has 4 rings (SSSR count). The minimum absolute atomic E-state index is 0.0276. The van der Waals surface area contributed by atoms with Gasteiger partial charge in [-0.2, -0.15) is 0 Å². The van der Waals surface area contributed by atoms with E-state index in [0.29, 0.717) is 19.6 Å². The summed E-state index contributed by atoms with van der Waals surface area (Å²) in [5.41, 5.74) is 1.56. The Morgan fingerprint density at radius 2 is 1.70 bits per heavy atom. The van der Waals surface area contributed by atoms with E-state index in [9.17, 15) is 14.4 Å². The van der Waals surface area contributed by atoms with E-state index >= 15 is 0 Å². The molecule has 156 valence electrons. The van der Waals surface area contributed by atoms with Crippen molar-refractivity contribution in [3.05, 3.63) is 59.1 Å². The van der Waals surface area contributed by atoms with Crippen molar-refractivity contribution in [2.75, 3.05) is 29.9 Å². The van der Waals surface area contributed by atoms with Crippen molar-refractivity contribution in [1.82, 2.24) is 4.90 Å². The number of benzene rings is 2. The van der Waals surface area contributed by atoms with Crippen LogP contribution in [0, 0.1) is 11.8 Å². The standard InChI is InChI=1S/C23H24BrN3O3/c24-18-8-10-20(11-9-18)27-15-17(13-21(27)28)23(30)26-12-4-5-16(14-26)22(29)25-19-6-2-1-3-7-19/h1-3,6-11,16-17H,4-5,12-15H2,(H,25,29). The van der Waals surface area contributed by atoms with Crippen molar-refractivity contribution in [1.29, 1.82) is 0 Å². The molecule has 0 radical (unpaired) electrons. The zero-order chi connectivity index (χ0) is 21.1. The smallest absolute Gasteiger partial charge is 0.229 e. The Kier molecular flexibility index (Phi) is 6.18. The summed E-state index contributed by atoms with van der Waals surface area (Å²) in [5, 5.41) is 2.94. The molecule has 2 saturated heterocycles. The highest BCUT2D eigenvalue weighted by atomic mass is 79.9. The first-order chi connectivity index (χ1) is 14.5. The molecule has 2 aromatic carbocycles. The van der Waals surface area contributed by atoms with Crippen LogP contribution in [0.4, 0.5) is 11.4 Å². The second-order valence-electron chi connectivity index (χ2n) is 7.86. The van der Waals surface area contributed by atoms with Crippen LogP contribution in [0.5, 0.6) is 0 Å². The van der Waals surface area contributed by atoms with Crippen LogP contribution in [0.1, 0.15) is 19.3 Å². The molecule has 2 atom stereocenters. The number of carbonyl (C=O) groups is 3. The molecule has 2 fully saturated rings. The van der Waals surface area contributed by atoms with Gasteiger partial charge in [0.05, 0.1) is 11.8 Å². The normalized spacial score (nSPS) is 21.6. The molecule has 0 saturated carbocycles. The highest BCUT2D eigenvalue weighted by molar-refractivity contribution is 9.10. The fourth-order valence-electron chi connectivity index (χ4n) is 4.16. The Morgan fingerprint density at radius 1 is 0.967 bits per heavy atom. The summed E-state index contributed by atoms with van der Waals surface area (Å²) < 4.78 is 0.943. The van der Waals surface area contributed by atoms with Crippen LogP contribution in [0.2, 0.25) is 0 Å². The second kappa shape index (κ2) is 9.00. The number of halogens is 1. The SMILES string of the molecule is O=C(Nc1ccccc1)C1CCCN(C(=O)C2CC(=O)N(c3ccc(Br)cc3)C2)C1. The van der Waals surface area contributed by atoms with E-state index in [1.54, 1.807) is 9.80 Å². The second-order valence-corrected chi connectivity index (χ2v) is 8.78. The van der Waals surface area contributed by atoms with Gasteiger partial charge in [0.1, 0.15) is 0 Å². The maximum atomic E-state index is 13.1. The molecule has 2 unspecified atom stereocenters. The molecule has 6 nitrogen and oxygen atoms in total.